The van der Waals surface area contributed by atoms with Crippen molar-refractivity contribution in [2.75, 3.05) is 0 Å². The Morgan fingerprint density at radius 1 is 1.47 bits per heavy atom. The molecule has 0 aromatic heterocycles. The topological polar surface area (TPSA) is 88.5 Å². The van der Waals surface area contributed by atoms with Gasteiger partial charge in [0.25, 0.3) is 0 Å². The predicted octanol–water partition coefficient (Wildman–Crippen LogP) is -0.146. The highest BCUT2D eigenvalue weighted by Crippen LogP contribution is 2.24. The number of hydrogen-bond acceptors (Lipinski definition) is 5. The molecule has 2 aliphatic rings. The zero-order chi connectivity index (χ0) is 10.9. The van der Waals surface area contributed by atoms with Gasteiger partial charge < -0.3 is 16.8 Å². The van der Waals surface area contributed by atoms with E-state index in [9.17, 15) is 0 Å². The van der Waals surface area contributed by atoms with Gasteiger partial charge in [-0.3, -0.25) is 5.43 Å². The molecule has 0 spiro atoms. The SMILES string of the molecule is CCC1(N)NN=C(N)C1=C1C=CC=CN1. The Morgan fingerprint density at radius 3 is 2.87 bits per heavy atom. The first kappa shape index (κ1) is 9.79. The fraction of sp³-hybridized carbons (Fsp3) is 0.300. The second-order valence-corrected chi connectivity index (χ2v) is 3.58. The smallest absolute Gasteiger partial charge is 0.152 e. The van der Waals surface area contributed by atoms with Crippen molar-refractivity contribution in [1.29, 1.82) is 0 Å². The van der Waals surface area contributed by atoms with E-state index in [1.54, 1.807) is 0 Å². The molecule has 6 N–H and O–H groups in total. The molecule has 15 heavy (non-hydrogen) atoms. The maximum absolute atomic E-state index is 6.16. The van der Waals surface area contributed by atoms with Crippen LogP contribution in [-0.2, 0) is 0 Å². The molecular formula is C10H15N5. The molecule has 2 rings (SSSR count). The third kappa shape index (κ3) is 1.50. The van der Waals surface area contributed by atoms with Gasteiger partial charge in [0.15, 0.2) is 5.84 Å². The molecule has 0 bridgehead atoms. The highest BCUT2D eigenvalue weighted by Gasteiger charge is 2.37. The maximum atomic E-state index is 6.16. The van der Waals surface area contributed by atoms with Gasteiger partial charge in [0.05, 0.1) is 5.57 Å². The summed E-state index contributed by atoms with van der Waals surface area (Å²) >= 11 is 0. The minimum Gasteiger partial charge on any atom is -0.382 e. The molecule has 0 aromatic carbocycles. The second kappa shape index (κ2) is 3.43. The van der Waals surface area contributed by atoms with Crippen LogP contribution in [0.2, 0.25) is 0 Å². The molecular weight excluding hydrogens is 190 g/mol. The van der Waals surface area contributed by atoms with Crippen molar-refractivity contribution in [3.63, 3.8) is 0 Å². The lowest BCUT2D eigenvalue weighted by molar-refractivity contribution is 0.419. The summed E-state index contributed by atoms with van der Waals surface area (Å²) in [4.78, 5) is 0. The van der Waals surface area contributed by atoms with Crippen LogP contribution in [-0.4, -0.2) is 11.5 Å². The van der Waals surface area contributed by atoms with Gasteiger partial charge in [-0.15, -0.1) is 0 Å². The molecule has 5 nitrogen and oxygen atoms in total. The van der Waals surface area contributed by atoms with Crippen molar-refractivity contribution in [2.45, 2.75) is 19.0 Å². The average Bonchev–Trinajstić information content (AvgIpc) is 2.57. The summed E-state index contributed by atoms with van der Waals surface area (Å²) in [5.41, 5.74) is 15.9. The quantitative estimate of drug-likeness (QED) is 0.479. The van der Waals surface area contributed by atoms with Gasteiger partial charge in [0, 0.05) is 11.9 Å². The van der Waals surface area contributed by atoms with Gasteiger partial charge in [-0.1, -0.05) is 13.0 Å². The van der Waals surface area contributed by atoms with Crippen LogP contribution in [0, 0.1) is 0 Å². The summed E-state index contributed by atoms with van der Waals surface area (Å²) in [7, 11) is 0. The third-order valence-electron chi connectivity index (χ3n) is 2.61. The number of allylic oxidation sites excluding steroid dienone is 3. The van der Waals surface area contributed by atoms with Crippen LogP contribution in [0.15, 0.2) is 40.8 Å². The van der Waals surface area contributed by atoms with E-state index in [4.69, 9.17) is 11.5 Å². The van der Waals surface area contributed by atoms with E-state index in [2.05, 4.69) is 15.8 Å². The molecule has 0 aromatic rings. The highest BCUT2D eigenvalue weighted by atomic mass is 15.4. The van der Waals surface area contributed by atoms with Crippen LogP contribution in [0.1, 0.15) is 13.3 Å². The van der Waals surface area contributed by atoms with Crippen molar-refractivity contribution >= 4 is 5.84 Å². The highest BCUT2D eigenvalue weighted by molar-refractivity contribution is 6.01. The number of hydrogen-bond donors (Lipinski definition) is 4. The van der Waals surface area contributed by atoms with Crippen molar-refractivity contribution in [1.82, 2.24) is 10.7 Å². The van der Waals surface area contributed by atoms with Gasteiger partial charge in [-0.05, 0) is 18.6 Å². The molecule has 0 fully saturated rings. The Labute approximate surface area is 88.6 Å². The Bertz CT molecular complexity index is 391. The maximum Gasteiger partial charge on any atom is 0.152 e. The van der Waals surface area contributed by atoms with E-state index >= 15 is 0 Å². The lowest BCUT2D eigenvalue weighted by Gasteiger charge is -2.26. The fourth-order valence-electron chi connectivity index (χ4n) is 1.68. The van der Waals surface area contributed by atoms with Gasteiger partial charge in [-0.25, -0.2) is 0 Å². The minimum absolute atomic E-state index is 0.446. The zero-order valence-electron chi connectivity index (χ0n) is 8.62. The Morgan fingerprint density at radius 2 is 2.27 bits per heavy atom. The fourth-order valence-corrected chi connectivity index (χ4v) is 1.68. The second-order valence-electron chi connectivity index (χ2n) is 3.58. The third-order valence-corrected chi connectivity index (χ3v) is 2.61. The van der Waals surface area contributed by atoms with E-state index in [1.807, 2.05) is 31.4 Å². The molecule has 80 valence electrons. The van der Waals surface area contributed by atoms with E-state index in [1.165, 1.54) is 0 Å². The zero-order valence-corrected chi connectivity index (χ0v) is 8.62. The Kier molecular flexibility index (Phi) is 2.24. The number of hydrazone groups is 1. The Balaban J connectivity index is 2.44. The predicted molar refractivity (Wildman–Crippen MR) is 60.4 cm³/mol. The molecule has 0 aliphatic carbocycles. The summed E-state index contributed by atoms with van der Waals surface area (Å²) in [6, 6.07) is 0. The Hall–Kier alpha value is -1.75. The summed E-state index contributed by atoms with van der Waals surface area (Å²) in [6.45, 7) is 1.99. The molecule has 5 heteroatoms. The van der Waals surface area contributed by atoms with Crippen LogP contribution in [0.25, 0.3) is 0 Å². The number of nitrogens with zero attached hydrogens (tertiary/aromatic N) is 1. The van der Waals surface area contributed by atoms with Gasteiger partial charge in [-0.2, -0.15) is 5.10 Å². The first-order valence-electron chi connectivity index (χ1n) is 4.91. The van der Waals surface area contributed by atoms with Gasteiger partial charge in [0.2, 0.25) is 0 Å². The monoisotopic (exact) mass is 205 g/mol. The van der Waals surface area contributed by atoms with Crippen LogP contribution in [0.5, 0.6) is 0 Å². The van der Waals surface area contributed by atoms with Gasteiger partial charge in [0.1, 0.15) is 5.66 Å². The van der Waals surface area contributed by atoms with Crippen molar-refractivity contribution < 1.29 is 0 Å². The van der Waals surface area contributed by atoms with E-state index in [-0.39, 0.29) is 0 Å². The molecule has 1 atom stereocenters. The van der Waals surface area contributed by atoms with Gasteiger partial charge >= 0.3 is 0 Å². The number of dihydropyridines is 1. The minimum atomic E-state index is -0.665. The summed E-state index contributed by atoms with van der Waals surface area (Å²) in [5.74, 6) is 0.446. The van der Waals surface area contributed by atoms with E-state index in [0.717, 1.165) is 17.7 Å². The van der Waals surface area contributed by atoms with Crippen molar-refractivity contribution in [3.05, 3.63) is 35.7 Å². The standard InChI is InChI=1S/C10H15N5/c1-2-10(12)8(9(11)14-15-10)7-5-3-4-6-13-7/h3-6,13,15H,2,12H2,1H3,(H2,11,14). The van der Waals surface area contributed by atoms with Crippen LogP contribution in [0.4, 0.5) is 0 Å². The molecule has 0 radical (unpaired) electrons. The number of nitrogens with two attached hydrogens (primary N) is 2. The average molecular weight is 205 g/mol. The van der Waals surface area contributed by atoms with Crippen LogP contribution >= 0.6 is 0 Å². The van der Waals surface area contributed by atoms with E-state index < -0.39 is 5.66 Å². The lowest BCUT2D eigenvalue weighted by atomic mass is 9.95. The largest absolute Gasteiger partial charge is 0.382 e. The molecule has 1 unspecified atom stereocenters. The summed E-state index contributed by atoms with van der Waals surface area (Å²) < 4.78 is 0. The van der Waals surface area contributed by atoms with E-state index in [0.29, 0.717) is 5.84 Å². The molecule has 2 heterocycles. The number of amidine groups is 1. The summed E-state index contributed by atoms with van der Waals surface area (Å²) in [6.07, 6.45) is 8.33. The lowest BCUT2D eigenvalue weighted by Crippen LogP contribution is -2.51. The molecule has 0 amide bonds. The normalized spacial score (nSPS) is 33.6. The number of nitrogens with one attached hydrogen (secondary N) is 2. The van der Waals surface area contributed by atoms with Crippen LogP contribution < -0.4 is 22.2 Å². The molecule has 0 saturated carbocycles. The number of rotatable bonds is 1. The first-order valence-corrected chi connectivity index (χ1v) is 4.91. The summed E-state index contributed by atoms with van der Waals surface area (Å²) in [5, 5.41) is 7.09. The van der Waals surface area contributed by atoms with Crippen LogP contribution in [0.3, 0.4) is 0 Å². The van der Waals surface area contributed by atoms with Crippen molar-refractivity contribution in [2.24, 2.45) is 16.6 Å². The first-order chi connectivity index (χ1) is 7.17. The van der Waals surface area contributed by atoms with Crippen molar-refractivity contribution in [3.8, 4) is 0 Å². The molecule has 0 saturated heterocycles. The molecule has 2 aliphatic heterocycles.